The summed E-state index contributed by atoms with van der Waals surface area (Å²) in [6, 6.07) is 23.1. The molecule has 0 fully saturated rings. The van der Waals surface area contributed by atoms with Crippen molar-refractivity contribution in [2.75, 3.05) is 6.54 Å². The highest BCUT2D eigenvalue weighted by molar-refractivity contribution is 6.31. The van der Waals surface area contributed by atoms with Crippen LogP contribution in [0.25, 0.3) is 0 Å². The molecular weight excluding hydrogens is 395 g/mol. The smallest absolute Gasteiger partial charge is 0.251 e. The van der Waals surface area contributed by atoms with Crippen molar-refractivity contribution in [2.45, 2.75) is 6.04 Å². The molecule has 3 aromatic rings. The number of benzene rings is 3. The van der Waals surface area contributed by atoms with Crippen molar-refractivity contribution in [1.29, 1.82) is 0 Å². The molecule has 3 aromatic carbocycles. The van der Waals surface area contributed by atoms with Gasteiger partial charge in [0.15, 0.2) is 0 Å². The molecule has 2 amide bonds. The number of rotatable bonds is 6. The largest absolute Gasteiger partial charge is 0.344 e. The number of hydrogen-bond donors (Lipinski definition) is 2. The molecule has 0 heterocycles. The van der Waals surface area contributed by atoms with Gasteiger partial charge in [0.05, 0.1) is 12.6 Å². The summed E-state index contributed by atoms with van der Waals surface area (Å²) in [7, 11) is 0. The number of nitrogens with one attached hydrogen (secondary N) is 2. The SMILES string of the molecule is O=C(CNC(=O)c1cccc(Cl)c1)NC(c1ccccc1)c1ccc(Cl)cc1. The predicted molar refractivity (Wildman–Crippen MR) is 112 cm³/mol. The van der Waals surface area contributed by atoms with Crippen LogP contribution in [0.15, 0.2) is 78.9 Å². The van der Waals surface area contributed by atoms with E-state index in [0.717, 1.165) is 11.1 Å². The maximum absolute atomic E-state index is 12.5. The third kappa shape index (κ3) is 5.35. The predicted octanol–water partition coefficient (Wildman–Crippen LogP) is 4.63. The summed E-state index contributed by atoms with van der Waals surface area (Å²) in [6.45, 7) is -0.151. The monoisotopic (exact) mass is 412 g/mol. The first-order chi connectivity index (χ1) is 13.5. The summed E-state index contributed by atoms with van der Waals surface area (Å²) >= 11 is 11.9. The second-order valence-electron chi connectivity index (χ2n) is 6.16. The molecule has 0 spiro atoms. The minimum atomic E-state index is -0.361. The second kappa shape index (κ2) is 9.40. The molecule has 0 aliphatic carbocycles. The fourth-order valence-electron chi connectivity index (χ4n) is 2.76. The van der Waals surface area contributed by atoms with Gasteiger partial charge in [0.1, 0.15) is 0 Å². The molecule has 1 atom stereocenters. The van der Waals surface area contributed by atoms with Gasteiger partial charge >= 0.3 is 0 Å². The summed E-state index contributed by atoms with van der Waals surface area (Å²) in [5, 5.41) is 6.66. The van der Waals surface area contributed by atoms with Crippen LogP contribution in [0.5, 0.6) is 0 Å². The molecule has 6 heteroatoms. The van der Waals surface area contributed by atoms with Crippen LogP contribution in [0.3, 0.4) is 0 Å². The molecule has 0 radical (unpaired) electrons. The molecule has 142 valence electrons. The standard InChI is InChI=1S/C22H18Cl2N2O2/c23-18-11-9-16(10-12-18)21(15-5-2-1-3-6-15)26-20(27)14-25-22(28)17-7-4-8-19(24)13-17/h1-13,21H,14H2,(H,25,28)(H,26,27). The molecule has 1 unspecified atom stereocenters. The third-order valence-electron chi connectivity index (χ3n) is 4.14. The maximum Gasteiger partial charge on any atom is 0.251 e. The highest BCUT2D eigenvalue weighted by Gasteiger charge is 2.17. The molecular formula is C22H18Cl2N2O2. The Morgan fingerprint density at radius 3 is 2.14 bits per heavy atom. The summed E-state index contributed by atoms with van der Waals surface area (Å²) in [6.07, 6.45) is 0. The van der Waals surface area contributed by atoms with Gasteiger partial charge in [0.2, 0.25) is 5.91 Å². The van der Waals surface area contributed by atoms with Crippen molar-refractivity contribution in [1.82, 2.24) is 10.6 Å². The topological polar surface area (TPSA) is 58.2 Å². The fourth-order valence-corrected chi connectivity index (χ4v) is 3.08. The van der Waals surface area contributed by atoms with E-state index < -0.39 is 0 Å². The van der Waals surface area contributed by atoms with E-state index in [9.17, 15) is 9.59 Å². The molecule has 0 saturated carbocycles. The Kier molecular flexibility index (Phi) is 6.69. The second-order valence-corrected chi connectivity index (χ2v) is 7.03. The van der Waals surface area contributed by atoms with E-state index in [-0.39, 0.29) is 24.4 Å². The summed E-state index contributed by atoms with van der Waals surface area (Å²) in [5.41, 5.74) is 2.22. The number of halogens is 2. The Bertz CT molecular complexity index is 960. The maximum atomic E-state index is 12.5. The Labute approximate surface area is 173 Å². The van der Waals surface area contributed by atoms with Gasteiger partial charge in [-0.3, -0.25) is 9.59 Å². The summed E-state index contributed by atoms with van der Waals surface area (Å²) < 4.78 is 0. The van der Waals surface area contributed by atoms with Gasteiger partial charge in [-0.05, 0) is 41.5 Å². The van der Waals surface area contributed by atoms with E-state index in [1.165, 1.54) is 0 Å². The average Bonchev–Trinajstić information content (AvgIpc) is 2.71. The number of amides is 2. The van der Waals surface area contributed by atoms with Gasteiger partial charge in [-0.2, -0.15) is 0 Å². The van der Waals surface area contributed by atoms with Crippen molar-refractivity contribution in [3.63, 3.8) is 0 Å². The minimum Gasteiger partial charge on any atom is -0.344 e. The number of hydrogen-bond acceptors (Lipinski definition) is 2. The zero-order valence-corrected chi connectivity index (χ0v) is 16.4. The Balaban J connectivity index is 1.69. The molecule has 0 aliphatic rings. The first kappa shape index (κ1) is 19.9. The van der Waals surface area contributed by atoms with E-state index >= 15 is 0 Å². The van der Waals surface area contributed by atoms with Crippen LogP contribution >= 0.6 is 23.2 Å². The fraction of sp³-hybridized carbons (Fsp3) is 0.0909. The van der Waals surface area contributed by atoms with Crippen LogP contribution in [-0.4, -0.2) is 18.4 Å². The Hall–Kier alpha value is -2.82. The van der Waals surface area contributed by atoms with Crippen LogP contribution in [0.1, 0.15) is 27.5 Å². The zero-order valence-electron chi connectivity index (χ0n) is 14.9. The molecule has 4 nitrogen and oxygen atoms in total. The van der Waals surface area contributed by atoms with E-state index in [0.29, 0.717) is 15.6 Å². The lowest BCUT2D eigenvalue weighted by Gasteiger charge is -2.20. The lowest BCUT2D eigenvalue weighted by atomic mass is 9.98. The Morgan fingerprint density at radius 2 is 1.46 bits per heavy atom. The molecule has 28 heavy (non-hydrogen) atoms. The van der Waals surface area contributed by atoms with Crippen molar-refractivity contribution < 1.29 is 9.59 Å². The van der Waals surface area contributed by atoms with Gasteiger partial charge in [0, 0.05) is 15.6 Å². The van der Waals surface area contributed by atoms with Gasteiger partial charge in [-0.25, -0.2) is 0 Å². The summed E-state index contributed by atoms with van der Waals surface area (Å²) in [4.78, 5) is 24.7. The van der Waals surface area contributed by atoms with Gasteiger partial charge in [-0.1, -0.05) is 71.7 Å². The van der Waals surface area contributed by atoms with Gasteiger partial charge < -0.3 is 10.6 Å². The van der Waals surface area contributed by atoms with E-state index in [2.05, 4.69) is 10.6 Å². The van der Waals surface area contributed by atoms with Crippen LogP contribution in [0.4, 0.5) is 0 Å². The Morgan fingerprint density at radius 1 is 0.786 bits per heavy atom. The molecule has 0 aromatic heterocycles. The highest BCUT2D eigenvalue weighted by atomic mass is 35.5. The summed E-state index contributed by atoms with van der Waals surface area (Å²) in [5.74, 6) is -0.667. The quantitative estimate of drug-likeness (QED) is 0.619. The van der Waals surface area contributed by atoms with E-state index in [4.69, 9.17) is 23.2 Å². The van der Waals surface area contributed by atoms with E-state index in [1.807, 2.05) is 42.5 Å². The van der Waals surface area contributed by atoms with Crippen LogP contribution in [0.2, 0.25) is 10.0 Å². The minimum absolute atomic E-state index is 0.151. The lowest BCUT2D eigenvalue weighted by molar-refractivity contribution is -0.120. The zero-order chi connectivity index (χ0) is 19.9. The van der Waals surface area contributed by atoms with E-state index in [1.54, 1.807) is 36.4 Å². The van der Waals surface area contributed by atoms with Crippen molar-refractivity contribution in [3.8, 4) is 0 Å². The van der Waals surface area contributed by atoms with Crippen LogP contribution < -0.4 is 10.6 Å². The van der Waals surface area contributed by atoms with Gasteiger partial charge in [0.25, 0.3) is 5.91 Å². The molecule has 2 N–H and O–H groups in total. The highest BCUT2D eigenvalue weighted by Crippen LogP contribution is 2.23. The van der Waals surface area contributed by atoms with Crippen molar-refractivity contribution in [2.24, 2.45) is 0 Å². The third-order valence-corrected chi connectivity index (χ3v) is 4.62. The molecule has 0 saturated heterocycles. The van der Waals surface area contributed by atoms with Crippen molar-refractivity contribution in [3.05, 3.63) is 106 Å². The number of carbonyl (C=O) groups excluding carboxylic acids is 2. The van der Waals surface area contributed by atoms with Crippen molar-refractivity contribution >= 4 is 35.0 Å². The lowest BCUT2D eigenvalue weighted by Crippen LogP contribution is -2.39. The first-order valence-electron chi connectivity index (χ1n) is 8.66. The normalized spacial score (nSPS) is 11.5. The van der Waals surface area contributed by atoms with Gasteiger partial charge in [-0.15, -0.1) is 0 Å². The molecule has 3 rings (SSSR count). The number of carbonyl (C=O) groups is 2. The van der Waals surface area contributed by atoms with Crippen LogP contribution in [-0.2, 0) is 4.79 Å². The average molecular weight is 413 g/mol. The molecule has 0 aliphatic heterocycles. The molecule has 0 bridgehead atoms. The first-order valence-corrected chi connectivity index (χ1v) is 9.42. The van der Waals surface area contributed by atoms with Crippen LogP contribution in [0, 0.1) is 0 Å².